The molecule has 0 fully saturated rings. The van der Waals surface area contributed by atoms with Crippen LogP contribution in [0.15, 0.2) is 24.4 Å². The number of hydrogen-bond donors (Lipinski definition) is 1. The van der Waals surface area contributed by atoms with Gasteiger partial charge in [0.15, 0.2) is 0 Å². The standard InChI is InChI=1S/C11H11FN2.C2H6/c1-7-4-3-5-9(10(7)12)11-13-6-8(2)14-11;1-2/h3-6H,1-2H3,(H,13,14);1-2H3. The summed E-state index contributed by atoms with van der Waals surface area (Å²) < 4.78 is 13.6. The summed E-state index contributed by atoms with van der Waals surface area (Å²) in [6.07, 6.45) is 1.69. The summed E-state index contributed by atoms with van der Waals surface area (Å²) >= 11 is 0. The molecule has 1 aromatic carbocycles. The lowest BCUT2D eigenvalue weighted by Gasteiger charge is -2.01. The van der Waals surface area contributed by atoms with Crippen molar-refractivity contribution in [1.82, 2.24) is 9.97 Å². The van der Waals surface area contributed by atoms with Crippen molar-refractivity contribution >= 4 is 0 Å². The van der Waals surface area contributed by atoms with E-state index in [4.69, 9.17) is 0 Å². The maximum absolute atomic E-state index is 13.6. The largest absolute Gasteiger partial charge is 0.342 e. The van der Waals surface area contributed by atoms with Crippen LogP contribution in [0.4, 0.5) is 4.39 Å². The van der Waals surface area contributed by atoms with E-state index in [0.29, 0.717) is 17.0 Å². The van der Waals surface area contributed by atoms with Gasteiger partial charge in [-0.2, -0.15) is 0 Å². The number of aromatic amines is 1. The van der Waals surface area contributed by atoms with Crippen molar-refractivity contribution in [3.8, 4) is 11.4 Å². The van der Waals surface area contributed by atoms with Gasteiger partial charge >= 0.3 is 0 Å². The average Bonchev–Trinajstić information content (AvgIpc) is 2.72. The normalized spacial score (nSPS) is 9.56. The van der Waals surface area contributed by atoms with Crippen molar-refractivity contribution in [2.75, 3.05) is 0 Å². The topological polar surface area (TPSA) is 28.7 Å². The highest BCUT2D eigenvalue weighted by Gasteiger charge is 2.09. The number of rotatable bonds is 1. The molecule has 2 nitrogen and oxygen atoms in total. The van der Waals surface area contributed by atoms with Crippen LogP contribution in [-0.4, -0.2) is 9.97 Å². The minimum atomic E-state index is -0.207. The molecular formula is C13H17FN2. The molecule has 16 heavy (non-hydrogen) atoms. The molecule has 1 N–H and O–H groups in total. The zero-order chi connectivity index (χ0) is 12.1. The smallest absolute Gasteiger partial charge is 0.140 e. The number of imidazole rings is 1. The van der Waals surface area contributed by atoms with Crippen LogP contribution < -0.4 is 0 Å². The van der Waals surface area contributed by atoms with Gasteiger partial charge in [-0.05, 0) is 25.5 Å². The minimum absolute atomic E-state index is 0.207. The molecule has 1 heterocycles. The first-order valence-electron chi connectivity index (χ1n) is 5.45. The number of benzene rings is 1. The quantitative estimate of drug-likeness (QED) is 0.776. The average molecular weight is 220 g/mol. The number of aryl methyl sites for hydroxylation is 2. The number of aromatic nitrogens is 2. The molecule has 3 heteroatoms. The van der Waals surface area contributed by atoms with Crippen molar-refractivity contribution in [3.05, 3.63) is 41.5 Å². The molecule has 0 aliphatic carbocycles. The molecule has 2 rings (SSSR count). The molecule has 86 valence electrons. The zero-order valence-corrected chi connectivity index (χ0v) is 10.1. The maximum Gasteiger partial charge on any atom is 0.140 e. The molecule has 0 radical (unpaired) electrons. The fraction of sp³-hybridized carbons (Fsp3) is 0.308. The first-order valence-corrected chi connectivity index (χ1v) is 5.45. The van der Waals surface area contributed by atoms with Crippen molar-refractivity contribution in [2.45, 2.75) is 27.7 Å². The van der Waals surface area contributed by atoms with Gasteiger partial charge in [0, 0.05) is 11.9 Å². The van der Waals surface area contributed by atoms with Crippen LogP contribution in [0, 0.1) is 19.7 Å². The highest BCUT2D eigenvalue weighted by molar-refractivity contribution is 5.57. The van der Waals surface area contributed by atoms with Crippen LogP contribution in [0.25, 0.3) is 11.4 Å². The van der Waals surface area contributed by atoms with E-state index in [1.165, 1.54) is 0 Å². The third kappa shape index (κ3) is 2.48. The Balaban J connectivity index is 0.000000606. The third-order valence-corrected chi connectivity index (χ3v) is 2.15. The van der Waals surface area contributed by atoms with Crippen molar-refractivity contribution in [1.29, 1.82) is 0 Å². The molecule has 0 aliphatic heterocycles. The second-order valence-corrected chi connectivity index (χ2v) is 3.35. The van der Waals surface area contributed by atoms with E-state index >= 15 is 0 Å². The van der Waals surface area contributed by atoms with Crippen LogP contribution in [0.1, 0.15) is 25.1 Å². The van der Waals surface area contributed by atoms with Gasteiger partial charge in [-0.3, -0.25) is 0 Å². The molecule has 0 unspecified atom stereocenters. The van der Waals surface area contributed by atoms with Gasteiger partial charge in [0.1, 0.15) is 11.6 Å². The Morgan fingerprint density at radius 3 is 2.44 bits per heavy atom. The molecule has 0 spiro atoms. The SMILES string of the molecule is CC.Cc1cnc(-c2cccc(C)c2F)[nH]1. The van der Waals surface area contributed by atoms with Crippen LogP contribution in [-0.2, 0) is 0 Å². The molecule has 0 saturated heterocycles. The Morgan fingerprint density at radius 2 is 1.88 bits per heavy atom. The summed E-state index contributed by atoms with van der Waals surface area (Å²) in [6.45, 7) is 7.64. The van der Waals surface area contributed by atoms with Crippen LogP contribution in [0.5, 0.6) is 0 Å². The summed E-state index contributed by atoms with van der Waals surface area (Å²) in [5.74, 6) is 0.380. The predicted molar refractivity (Wildman–Crippen MR) is 64.8 cm³/mol. The molecule has 0 aliphatic rings. The lowest BCUT2D eigenvalue weighted by Crippen LogP contribution is -1.89. The highest BCUT2D eigenvalue weighted by Crippen LogP contribution is 2.21. The Labute approximate surface area is 95.5 Å². The first kappa shape index (κ1) is 12.4. The van der Waals surface area contributed by atoms with E-state index in [9.17, 15) is 4.39 Å². The molecular weight excluding hydrogens is 203 g/mol. The van der Waals surface area contributed by atoms with Gasteiger partial charge in [0.2, 0.25) is 0 Å². The fourth-order valence-electron chi connectivity index (χ4n) is 1.38. The summed E-state index contributed by atoms with van der Waals surface area (Å²) in [4.78, 5) is 7.10. The van der Waals surface area contributed by atoms with Gasteiger partial charge in [0.25, 0.3) is 0 Å². The van der Waals surface area contributed by atoms with E-state index in [0.717, 1.165) is 5.69 Å². The molecule has 0 atom stereocenters. The van der Waals surface area contributed by atoms with Gasteiger partial charge in [-0.15, -0.1) is 0 Å². The van der Waals surface area contributed by atoms with Crippen molar-refractivity contribution in [2.24, 2.45) is 0 Å². The van der Waals surface area contributed by atoms with Crippen molar-refractivity contribution in [3.63, 3.8) is 0 Å². The summed E-state index contributed by atoms with van der Waals surface area (Å²) in [6, 6.07) is 5.29. The lowest BCUT2D eigenvalue weighted by molar-refractivity contribution is 0.621. The number of nitrogens with zero attached hydrogens (tertiary/aromatic N) is 1. The van der Waals surface area contributed by atoms with Crippen LogP contribution in [0.2, 0.25) is 0 Å². The van der Waals surface area contributed by atoms with Gasteiger partial charge < -0.3 is 4.98 Å². The molecule has 0 bridgehead atoms. The molecule has 0 amide bonds. The lowest BCUT2D eigenvalue weighted by atomic mass is 10.1. The molecule has 2 aromatic rings. The number of nitrogens with one attached hydrogen (secondary N) is 1. The van der Waals surface area contributed by atoms with E-state index in [1.807, 2.05) is 26.8 Å². The fourth-order valence-corrected chi connectivity index (χ4v) is 1.38. The van der Waals surface area contributed by atoms with E-state index < -0.39 is 0 Å². The number of H-pyrrole nitrogens is 1. The predicted octanol–water partition coefficient (Wildman–Crippen LogP) is 3.86. The minimum Gasteiger partial charge on any atom is -0.342 e. The Kier molecular flexibility index (Phi) is 4.23. The zero-order valence-electron chi connectivity index (χ0n) is 10.1. The van der Waals surface area contributed by atoms with E-state index in [-0.39, 0.29) is 5.82 Å². The second-order valence-electron chi connectivity index (χ2n) is 3.35. The Morgan fingerprint density at radius 1 is 1.19 bits per heavy atom. The van der Waals surface area contributed by atoms with E-state index in [1.54, 1.807) is 25.3 Å². The monoisotopic (exact) mass is 220 g/mol. The second kappa shape index (κ2) is 5.45. The molecule has 1 aromatic heterocycles. The molecule has 0 saturated carbocycles. The number of halogens is 1. The van der Waals surface area contributed by atoms with Gasteiger partial charge in [-0.25, -0.2) is 9.37 Å². The van der Waals surface area contributed by atoms with Crippen LogP contribution in [0.3, 0.4) is 0 Å². The summed E-state index contributed by atoms with van der Waals surface area (Å²) in [7, 11) is 0. The third-order valence-electron chi connectivity index (χ3n) is 2.15. The maximum atomic E-state index is 13.6. The summed E-state index contributed by atoms with van der Waals surface area (Å²) in [5.41, 5.74) is 2.09. The van der Waals surface area contributed by atoms with Gasteiger partial charge in [0.05, 0.1) is 5.56 Å². The van der Waals surface area contributed by atoms with E-state index in [2.05, 4.69) is 9.97 Å². The Hall–Kier alpha value is -1.64. The highest BCUT2D eigenvalue weighted by atomic mass is 19.1. The number of hydrogen-bond acceptors (Lipinski definition) is 1. The van der Waals surface area contributed by atoms with Gasteiger partial charge in [-0.1, -0.05) is 26.0 Å². The summed E-state index contributed by atoms with van der Waals surface area (Å²) in [5, 5.41) is 0. The van der Waals surface area contributed by atoms with Crippen molar-refractivity contribution < 1.29 is 4.39 Å². The van der Waals surface area contributed by atoms with Crippen LogP contribution >= 0.6 is 0 Å². The Bertz CT molecular complexity index is 461. The first-order chi connectivity index (χ1) is 7.68.